The number of anilines is 1. The van der Waals surface area contributed by atoms with E-state index in [-0.39, 0.29) is 10.8 Å². The van der Waals surface area contributed by atoms with Crippen LogP contribution < -0.4 is 4.72 Å². The van der Waals surface area contributed by atoms with Gasteiger partial charge in [0.05, 0.1) is 5.02 Å². The molecule has 0 bridgehead atoms. The van der Waals surface area contributed by atoms with E-state index in [1.807, 2.05) is 0 Å². The third-order valence-corrected chi connectivity index (χ3v) is 4.05. The van der Waals surface area contributed by atoms with Crippen LogP contribution >= 0.6 is 11.6 Å². The Labute approximate surface area is 119 Å². The molecule has 0 spiro atoms. The van der Waals surface area contributed by atoms with Gasteiger partial charge in [0, 0.05) is 6.20 Å². The summed E-state index contributed by atoms with van der Waals surface area (Å²) in [5.41, 5.74) is -0.563. The number of aromatic nitrogens is 1. The standard InChI is InChI=1S/C12H7ClFN3O2S/c13-9-3-2-6-16-12(9)17-20(18,19)11-5-1-4-10(14)8(11)7-15/h1-6H,(H,16,17). The van der Waals surface area contributed by atoms with Gasteiger partial charge in [0.2, 0.25) is 0 Å². The highest BCUT2D eigenvalue weighted by atomic mass is 35.5. The van der Waals surface area contributed by atoms with Gasteiger partial charge in [-0.25, -0.2) is 17.8 Å². The molecule has 8 heteroatoms. The number of nitrogens with zero attached hydrogens (tertiary/aromatic N) is 2. The molecule has 0 aliphatic rings. The summed E-state index contributed by atoms with van der Waals surface area (Å²) in [5.74, 6) is -1.01. The largest absolute Gasteiger partial charge is 0.264 e. The Balaban J connectivity index is 2.50. The van der Waals surface area contributed by atoms with E-state index in [9.17, 15) is 12.8 Å². The number of rotatable bonds is 3. The predicted octanol–water partition coefficient (Wildman–Crippen LogP) is 2.55. The molecule has 0 aliphatic carbocycles. The van der Waals surface area contributed by atoms with Gasteiger partial charge in [0.25, 0.3) is 10.0 Å². The number of sulfonamides is 1. The third-order valence-electron chi connectivity index (χ3n) is 2.37. The molecule has 5 nitrogen and oxygen atoms in total. The van der Waals surface area contributed by atoms with Gasteiger partial charge in [-0.1, -0.05) is 17.7 Å². The molecule has 0 aliphatic heterocycles. The van der Waals surface area contributed by atoms with E-state index < -0.39 is 26.3 Å². The van der Waals surface area contributed by atoms with Crippen LogP contribution in [0.3, 0.4) is 0 Å². The highest BCUT2D eigenvalue weighted by molar-refractivity contribution is 7.92. The Hall–Kier alpha value is -2.17. The minimum atomic E-state index is -4.16. The van der Waals surface area contributed by atoms with Crippen LogP contribution in [0.1, 0.15) is 5.56 Å². The van der Waals surface area contributed by atoms with E-state index in [2.05, 4.69) is 9.71 Å². The summed E-state index contributed by atoms with van der Waals surface area (Å²) in [6.07, 6.45) is 1.35. The molecule has 1 aromatic carbocycles. The van der Waals surface area contributed by atoms with Gasteiger partial charge in [0.1, 0.15) is 22.3 Å². The lowest BCUT2D eigenvalue weighted by Gasteiger charge is -2.09. The van der Waals surface area contributed by atoms with E-state index in [4.69, 9.17) is 16.9 Å². The molecule has 0 saturated carbocycles. The monoisotopic (exact) mass is 311 g/mol. The van der Waals surface area contributed by atoms with Gasteiger partial charge in [0.15, 0.2) is 5.82 Å². The zero-order valence-electron chi connectivity index (χ0n) is 9.84. The molecular formula is C12H7ClFN3O2S. The average Bonchev–Trinajstić information content (AvgIpc) is 2.41. The van der Waals surface area contributed by atoms with Crippen molar-refractivity contribution in [3.05, 3.63) is 52.9 Å². The molecule has 0 fully saturated rings. The molecular weight excluding hydrogens is 305 g/mol. The molecule has 20 heavy (non-hydrogen) atoms. The van der Waals surface area contributed by atoms with Gasteiger partial charge < -0.3 is 0 Å². The highest BCUT2D eigenvalue weighted by Crippen LogP contribution is 2.24. The van der Waals surface area contributed by atoms with Crippen LogP contribution in [0.4, 0.5) is 10.2 Å². The molecule has 0 amide bonds. The number of nitrogens with one attached hydrogen (secondary N) is 1. The molecule has 0 saturated heterocycles. The maximum Gasteiger partial charge on any atom is 0.264 e. The van der Waals surface area contributed by atoms with Crippen molar-refractivity contribution in [1.82, 2.24) is 4.98 Å². The van der Waals surface area contributed by atoms with E-state index in [0.29, 0.717) is 0 Å². The van der Waals surface area contributed by atoms with Crippen LogP contribution in [0.5, 0.6) is 0 Å². The van der Waals surface area contributed by atoms with Crippen molar-refractivity contribution in [2.75, 3.05) is 4.72 Å². The smallest absolute Gasteiger partial charge is 0.262 e. The zero-order chi connectivity index (χ0) is 14.8. The lowest BCUT2D eigenvalue weighted by molar-refractivity contribution is 0.593. The van der Waals surface area contributed by atoms with Crippen molar-refractivity contribution < 1.29 is 12.8 Å². The Morgan fingerprint density at radius 3 is 2.70 bits per heavy atom. The second-order valence-electron chi connectivity index (χ2n) is 3.66. The molecule has 1 N–H and O–H groups in total. The van der Waals surface area contributed by atoms with Crippen molar-refractivity contribution in [2.24, 2.45) is 0 Å². The number of halogens is 2. The number of hydrogen-bond donors (Lipinski definition) is 1. The van der Waals surface area contributed by atoms with Gasteiger partial charge in [-0.3, -0.25) is 4.72 Å². The molecule has 2 aromatic rings. The fourth-order valence-corrected chi connectivity index (χ4v) is 2.90. The van der Waals surface area contributed by atoms with Gasteiger partial charge in [-0.15, -0.1) is 0 Å². The second-order valence-corrected chi connectivity index (χ2v) is 5.72. The maximum atomic E-state index is 13.4. The maximum absolute atomic E-state index is 13.4. The summed E-state index contributed by atoms with van der Waals surface area (Å²) in [7, 11) is -4.16. The Morgan fingerprint density at radius 2 is 2.05 bits per heavy atom. The molecule has 0 atom stereocenters. The Morgan fingerprint density at radius 1 is 1.30 bits per heavy atom. The van der Waals surface area contributed by atoms with Gasteiger partial charge >= 0.3 is 0 Å². The number of hydrogen-bond acceptors (Lipinski definition) is 4. The van der Waals surface area contributed by atoms with Gasteiger partial charge in [-0.2, -0.15) is 5.26 Å². The zero-order valence-corrected chi connectivity index (χ0v) is 11.4. The van der Waals surface area contributed by atoms with Crippen molar-refractivity contribution in [2.45, 2.75) is 4.90 Å². The summed E-state index contributed by atoms with van der Waals surface area (Å²) in [6.45, 7) is 0. The lowest BCUT2D eigenvalue weighted by Crippen LogP contribution is -2.16. The van der Waals surface area contributed by atoms with Gasteiger partial charge in [-0.05, 0) is 24.3 Å². The number of pyridine rings is 1. The van der Waals surface area contributed by atoms with Crippen molar-refractivity contribution in [1.29, 1.82) is 5.26 Å². The minimum Gasteiger partial charge on any atom is -0.262 e. The first-order valence-electron chi connectivity index (χ1n) is 5.27. The lowest BCUT2D eigenvalue weighted by atomic mass is 10.2. The number of benzene rings is 1. The Bertz CT molecular complexity index is 803. The SMILES string of the molecule is N#Cc1c(F)cccc1S(=O)(=O)Nc1ncccc1Cl. The van der Waals surface area contributed by atoms with Crippen LogP contribution in [-0.4, -0.2) is 13.4 Å². The van der Waals surface area contributed by atoms with E-state index in [1.165, 1.54) is 30.5 Å². The van der Waals surface area contributed by atoms with Crippen LogP contribution in [0.2, 0.25) is 5.02 Å². The van der Waals surface area contributed by atoms with Crippen LogP contribution in [0, 0.1) is 17.1 Å². The Kier molecular flexibility index (Phi) is 3.88. The first kappa shape index (κ1) is 14.2. The minimum absolute atomic E-state index is 0.0889. The summed E-state index contributed by atoms with van der Waals surface area (Å²) >= 11 is 5.79. The summed E-state index contributed by atoms with van der Waals surface area (Å²) in [6, 6.07) is 7.83. The molecule has 0 unspecified atom stereocenters. The van der Waals surface area contributed by atoms with Crippen molar-refractivity contribution in [3.8, 4) is 6.07 Å². The van der Waals surface area contributed by atoms with Crippen LogP contribution in [0.25, 0.3) is 0 Å². The summed E-state index contributed by atoms with van der Waals surface area (Å²) < 4.78 is 39.9. The topological polar surface area (TPSA) is 82.8 Å². The van der Waals surface area contributed by atoms with E-state index in [1.54, 1.807) is 0 Å². The summed E-state index contributed by atoms with van der Waals surface area (Å²) in [4.78, 5) is 3.30. The average molecular weight is 312 g/mol. The fraction of sp³-hybridized carbons (Fsp3) is 0. The quantitative estimate of drug-likeness (QED) is 0.944. The third kappa shape index (κ3) is 2.71. The summed E-state index contributed by atoms with van der Waals surface area (Å²) in [5, 5.41) is 8.95. The van der Waals surface area contributed by atoms with Crippen molar-refractivity contribution in [3.63, 3.8) is 0 Å². The first-order valence-corrected chi connectivity index (χ1v) is 7.14. The molecule has 2 rings (SSSR count). The van der Waals surface area contributed by atoms with E-state index in [0.717, 1.165) is 12.1 Å². The molecule has 0 radical (unpaired) electrons. The van der Waals surface area contributed by atoms with Crippen LogP contribution in [-0.2, 0) is 10.0 Å². The van der Waals surface area contributed by atoms with Crippen LogP contribution in [0.15, 0.2) is 41.4 Å². The normalized spacial score (nSPS) is 10.8. The van der Waals surface area contributed by atoms with E-state index >= 15 is 0 Å². The second kappa shape index (κ2) is 5.45. The molecule has 1 aromatic heterocycles. The fourth-order valence-electron chi connectivity index (χ4n) is 1.48. The molecule has 102 valence electrons. The predicted molar refractivity (Wildman–Crippen MR) is 71.2 cm³/mol. The first-order chi connectivity index (χ1) is 9.45. The molecule has 1 heterocycles. The highest BCUT2D eigenvalue weighted by Gasteiger charge is 2.22. The van der Waals surface area contributed by atoms with Crippen molar-refractivity contribution >= 4 is 27.4 Å². The number of nitriles is 1.